The SMILES string of the molecule is COP(OCCN)OCC1OC(n2cnc3c(=O)[nH]c(N)nc32)C(O)C1O. The van der Waals surface area contributed by atoms with Crippen molar-refractivity contribution in [2.45, 2.75) is 24.5 Å². The molecule has 0 saturated carbocycles. The zero-order valence-corrected chi connectivity index (χ0v) is 15.3. The zero-order valence-electron chi connectivity index (χ0n) is 14.4. The maximum atomic E-state index is 11.9. The lowest BCUT2D eigenvalue weighted by molar-refractivity contribution is -0.0495. The molecule has 0 spiro atoms. The Kier molecular flexibility index (Phi) is 6.34. The average Bonchev–Trinajstić information content (AvgIpc) is 3.18. The van der Waals surface area contributed by atoms with E-state index in [2.05, 4.69) is 15.0 Å². The van der Waals surface area contributed by atoms with E-state index in [4.69, 9.17) is 29.8 Å². The number of aromatic amines is 1. The van der Waals surface area contributed by atoms with Crippen molar-refractivity contribution in [1.82, 2.24) is 19.5 Å². The van der Waals surface area contributed by atoms with Crippen molar-refractivity contribution >= 4 is 25.7 Å². The smallest absolute Gasteiger partial charge is 0.332 e. The number of nitrogens with two attached hydrogens (primary N) is 2. The van der Waals surface area contributed by atoms with Gasteiger partial charge in [-0.2, -0.15) is 4.98 Å². The highest BCUT2D eigenvalue weighted by Crippen LogP contribution is 2.40. The summed E-state index contributed by atoms with van der Waals surface area (Å²) in [5.41, 5.74) is 10.6. The molecule has 0 amide bonds. The summed E-state index contributed by atoms with van der Waals surface area (Å²) in [4.78, 5) is 22.2. The lowest BCUT2D eigenvalue weighted by Gasteiger charge is -2.18. The van der Waals surface area contributed by atoms with Gasteiger partial charge >= 0.3 is 8.60 Å². The fourth-order valence-electron chi connectivity index (χ4n) is 2.63. The first-order chi connectivity index (χ1) is 13.0. The third-order valence-corrected chi connectivity index (χ3v) is 4.92. The van der Waals surface area contributed by atoms with E-state index in [1.807, 2.05) is 0 Å². The molecule has 14 heteroatoms. The van der Waals surface area contributed by atoms with Crippen molar-refractivity contribution < 1.29 is 28.5 Å². The maximum Gasteiger partial charge on any atom is 0.332 e. The van der Waals surface area contributed by atoms with Crippen molar-refractivity contribution in [2.24, 2.45) is 5.73 Å². The summed E-state index contributed by atoms with van der Waals surface area (Å²) in [6, 6.07) is 0. The Morgan fingerprint density at radius 2 is 2.19 bits per heavy atom. The predicted octanol–water partition coefficient (Wildman–Crippen LogP) is -1.81. The number of H-pyrrole nitrogens is 1. The molecule has 1 aliphatic heterocycles. The van der Waals surface area contributed by atoms with Gasteiger partial charge in [0.2, 0.25) is 5.95 Å². The number of rotatable bonds is 8. The number of hydrogen-bond donors (Lipinski definition) is 5. The van der Waals surface area contributed by atoms with E-state index in [-0.39, 0.29) is 30.3 Å². The van der Waals surface area contributed by atoms with Crippen LogP contribution in [0.3, 0.4) is 0 Å². The van der Waals surface area contributed by atoms with Gasteiger partial charge in [-0.15, -0.1) is 0 Å². The lowest BCUT2D eigenvalue weighted by atomic mass is 10.1. The first-order valence-electron chi connectivity index (χ1n) is 8.00. The van der Waals surface area contributed by atoms with Crippen molar-refractivity contribution in [2.75, 3.05) is 32.6 Å². The van der Waals surface area contributed by atoms with Crippen LogP contribution < -0.4 is 17.0 Å². The predicted molar refractivity (Wildman–Crippen MR) is 93.4 cm³/mol. The summed E-state index contributed by atoms with van der Waals surface area (Å²) >= 11 is 0. The minimum absolute atomic E-state index is 0.0345. The minimum atomic E-state index is -1.66. The van der Waals surface area contributed by atoms with Crippen molar-refractivity contribution in [1.29, 1.82) is 0 Å². The number of nitrogens with zero attached hydrogens (tertiary/aromatic N) is 3. The molecule has 0 bridgehead atoms. The van der Waals surface area contributed by atoms with Crippen molar-refractivity contribution in [3.63, 3.8) is 0 Å². The van der Waals surface area contributed by atoms with E-state index >= 15 is 0 Å². The summed E-state index contributed by atoms with van der Waals surface area (Å²) in [6.45, 7) is 0.459. The fourth-order valence-corrected chi connectivity index (χ4v) is 3.44. The molecular formula is C13H21N6O7P. The number of fused-ring (bicyclic) bond motifs is 1. The van der Waals surface area contributed by atoms with Gasteiger partial charge in [-0.25, -0.2) is 4.98 Å². The Hall–Kier alpha value is -1.70. The normalized spacial score (nSPS) is 26.7. The van der Waals surface area contributed by atoms with Crippen LogP contribution in [-0.4, -0.2) is 74.9 Å². The van der Waals surface area contributed by atoms with E-state index in [1.165, 1.54) is 18.0 Å². The van der Waals surface area contributed by atoms with Gasteiger partial charge in [0.05, 0.1) is 19.5 Å². The number of nitrogen functional groups attached to an aromatic ring is 1. The van der Waals surface area contributed by atoms with Crippen LogP contribution in [0.1, 0.15) is 6.23 Å². The number of ether oxygens (including phenoxy) is 1. The number of imidazole rings is 1. The monoisotopic (exact) mass is 404 g/mol. The molecule has 5 unspecified atom stereocenters. The number of nitrogens with one attached hydrogen (secondary N) is 1. The summed E-state index contributed by atoms with van der Waals surface area (Å²) in [7, 11) is -0.242. The van der Waals surface area contributed by atoms with Crippen LogP contribution in [0.15, 0.2) is 11.1 Å². The van der Waals surface area contributed by atoms with Gasteiger partial charge < -0.3 is 40.0 Å². The average molecular weight is 404 g/mol. The van der Waals surface area contributed by atoms with Gasteiger partial charge in [0, 0.05) is 13.7 Å². The van der Waals surface area contributed by atoms with Crippen LogP contribution in [0.4, 0.5) is 5.95 Å². The molecule has 1 aliphatic rings. The van der Waals surface area contributed by atoms with Crippen molar-refractivity contribution in [3.05, 3.63) is 16.7 Å². The topological polar surface area (TPSA) is 193 Å². The molecule has 1 fully saturated rings. The molecule has 0 aliphatic carbocycles. The number of aliphatic hydroxyl groups is 2. The van der Waals surface area contributed by atoms with Gasteiger partial charge in [-0.3, -0.25) is 14.3 Å². The van der Waals surface area contributed by atoms with E-state index in [9.17, 15) is 15.0 Å². The van der Waals surface area contributed by atoms with Gasteiger partial charge in [-0.1, -0.05) is 0 Å². The maximum absolute atomic E-state index is 11.9. The fraction of sp³-hybridized carbons (Fsp3) is 0.615. The minimum Gasteiger partial charge on any atom is -0.387 e. The third kappa shape index (κ3) is 4.10. The number of hydrogen-bond acceptors (Lipinski definition) is 11. The van der Waals surface area contributed by atoms with Crippen LogP contribution in [0.2, 0.25) is 0 Å². The van der Waals surface area contributed by atoms with Crippen LogP contribution in [-0.2, 0) is 18.3 Å². The highest BCUT2D eigenvalue weighted by Gasteiger charge is 2.45. The molecule has 3 heterocycles. The summed E-state index contributed by atoms with van der Waals surface area (Å²) in [5.74, 6) is -0.107. The summed E-state index contributed by atoms with van der Waals surface area (Å²) < 4.78 is 22.8. The summed E-state index contributed by atoms with van der Waals surface area (Å²) in [6.07, 6.45) is -3.19. The van der Waals surface area contributed by atoms with Gasteiger partial charge in [-0.05, 0) is 0 Å². The van der Waals surface area contributed by atoms with Gasteiger partial charge in [0.25, 0.3) is 5.56 Å². The first kappa shape index (κ1) is 20.0. The van der Waals surface area contributed by atoms with E-state index in [0.717, 1.165) is 0 Å². The number of anilines is 1. The van der Waals surface area contributed by atoms with Crippen molar-refractivity contribution in [3.8, 4) is 0 Å². The van der Waals surface area contributed by atoms with Crippen LogP contribution in [0, 0.1) is 0 Å². The summed E-state index contributed by atoms with van der Waals surface area (Å²) in [5, 5.41) is 20.6. The third-order valence-electron chi connectivity index (χ3n) is 3.87. The Morgan fingerprint density at radius 3 is 2.89 bits per heavy atom. The number of aliphatic hydroxyl groups excluding tert-OH is 2. The molecule has 2 aromatic heterocycles. The Morgan fingerprint density at radius 1 is 1.41 bits per heavy atom. The van der Waals surface area contributed by atoms with E-state index in [1.54, 1.807) is 0 Å². The molecule has 1 saturated heterocycles. The number of aromatic nitrogens is 4. The molecule has 27 heavy (non-hydrogen) atoms. The zero-order chi connectivity index (χ0) is 19.6. The Balaban J connectivity index is 1.74. The molecule has 2 aromatic rings. The lowest BCUT2D eigenvalue weighted by Crippen LogP contribution is -2.33. The van der Waals surface area contributed by atoms with Crippen LogP contribution >= 0.6 is 8.60 Å². The molecule has 7 N–H and O–H groups in total. The molecule has 150 valence electrons. The molecular weight excluding hydrogens is 383 g/mol. The van der Waals surface area contributed by atoms with Gasteiger partial charge in [0.15, 0.2) is 17.4 Å². The van der Waals surface area contributed by atoms with Crippen LogP contribution in [0.5, 0.6) is 0 Å². The largest absolute Gasteiger partial charge is 0.387 e. The standard InChI is InChI=1S/C13H21N6O7P/c1-23-27(24-3-2-14)25-4-6-8(20)9(21)12(26-6)19-5-16-7-10(19)17-13(15)18-11(7)22/h5-6,8-9,12,20-21H,2-4,14H2,1H3,(H3,15,17,18,22). The second-order valence-electron chi connectivity index (χ2n) is 5.65. The molecule has 3 rings (SSSR count). The molecule has 0 radical (unpaired) electrons. The van der Waals surface area contributed by atoms with E-state index in [0.29, 0.717) is 6.54 Å². The quantitative estimate of drug-likeness (QED) is 0.311. The van der Waals surface area contributed by atoms with Crippen LogP contribution in [0.25, 0.3) is 11.2 Å². The second-order valence-corrected chi connectivity index (χ2v) is 6.97. The molecule has 13 nitrogen and oxygen atoms in total. The Labute approximate surface area is 154 Å². The molecule has 0 aromatic carbocycles. The molecule has 5 atom stereocenters. The first-order valence-corrected chi connectivity index (χ1v) is 9.09. The van der Waals surface area contributed by atoms with E-state index < -0.39 is 38.7 Å². The highest BCUT2D eigenvalue weighted by molar-refractivity contribution is 7.41. The highest BCUT2D eigenvalue weighted by atomic mass is 31.2. The second kappa shape index (κ2) is 8.54. The Bertz CT molecular complexity index is 831. The van der Waals surface area contributed by atoms with Gasteiger partial charge in [0.1, 0.15) is 18.3 Å².